The summed E-state index contributed by atoms with van der Waals surface area (Å²) < 4.78 is 58.6. The molecule has 0 unspecified atom stereocenters. The zero-order valence-electron chi connectivity index (χ0n) is 15.6. The van der Waals surface area contributed by atoms with Crippen LogP contribution in [0.15, 0.2) is 30.5 Å². The van der Waals surface area contributed by atoms with Crippen LogP contribution in [-0.4, -0.2) is 31.1 Å². The van der Waals surface area contributed by atoms with Crippen molar-refractivity contribution in [2.45, 2.75) is 13.5 Å². The predicted molar refractivity (Wildman–Crippen MR) is 105 cm³/mol. The lowest BCUT2D eigenvalue weighted by Gasteiger charge is -2.12. The number of nitrogens with two attached hydrogens (primary N) is 1. The number of pyridine rings is 1. The summed E-state index contributed by atoms with van der Waals surface area (Å²) in [6.07, 6.45) is 1.42. The van der Waals surface area contributed by atoms with E-state index >= 15 is 0 Å². The third-order valence-electron chi connectivity index (χ3n) is 4.12. The molecule has 31 heavy (non-hydrogen) atoms. The van der Waals surface area contributed by atoms with Gasteiger partial charge in [0.25, 0.3) is 0 Å². The molecule has 0 saturated carbocycles. The molecule has 0 fully saturated rings. The van der Waals surface area contributed by atoms with Crippen molar-refractivity contribution in [3.05, 3.63) is 52.9 Å². The maximum Gasteiger partial charge on any atom is 0.387 e. The van der Waals surface area contributed by atoms with Gasteiger partial charge in [-0.25, -0.2) is 14.4 Å². The second-order valence-corrected chi connectivity index (χ2v) is 6.65. The van der Waals surface area contributed by atoms with E-state index in [2.05, 4.69) is 30.0 Å². The van der Waals surface area contributed by atoms with Crippen LogP contribution in [0.3, 0.4) is 0 Å². The van der Waals surface area contributed by atoms with Crippen molar-refractivity contribution in [2.75, 3.05) is 11.1 Å². The number of aryl methyl sites for hydroxylation is 1. The maximum atomic E-state index is 14.6. The molecule has 0 aliphatic carbocycles. The molecule has 0 amide bonds. The lowest BCUT2D eigenvalue weighted by atomic mass is 10.3. The molecule has 4 aromatic rings. The highest BCUT2D eigenvalue weighted by Crippen LogP contribution is 2.28. The van der Waals surface area contributed by atoms with Gasteiger partial charge in [-0.1, -0.05) is 11.6 Å². The molecule has 13 heteroatoms. The highest BCUT2D eigenvalue weighted by atomic mass is 35.5. The van der Waals surface area contributed by atoms with E-state index < -0.39 is 29.8 Å². The van der Waals surface area contributed by atoms with Gasteiger partial charge in [-0.3, -0.25) is 4.57 Å². The lowest BCUT2D eigenvalue weighted by molar-refractivity contribution is -0.0521. The number of rotatable bonds is 5. The first-order valence-corrected chi connectivity index (χ1v) is 8.96. The Morgan fingerprint density at radius 3 is 2.65 bits per heavy atom. The van der Waals surface area contributed by atoms with Crippen molar-refractivity contribution in [3.63, 3.8) is 0 Å². The maximum absolute atomic E-state index is 14.6. The Labute approximate surface area is 176 Å². The quantitative estimate of drug-likeness (QED) is 0.432. The van der Waals surface area contributed by atoms with E-state index in [-0.39, 0.29) is 17.5 Å². The van der Waals surface area contributed by atoms with Crippen molar-refractivity contribution in [1.82, 2.24) is 24.5 Å². The third kappa shape index (κ3) is 4.01. The molecular formula is C18H12ClF4N7O. The third-order valence-corrected chi connectivity index (χ3v) is 4.33. The van der Waals surface area contributed by atoms with Crippen LogP contribution in [0.4, 0.5) is 34.9 Å². The molecular weight excluding hydrogens is 442 g/mol. The van der Waals surface area contributed by atoms with E-state index in [0.29, 0.717) is 22.0 Å². The summed E-state index contributed by atoms with van der Waals surface area (Å²) >= 11 is 6.01. The number of halogens is 5. The van der Waals surface area contributed by atoms with E-state index in [4.69, 9.17) is 17.3 Å². The number of hydrogen-bond acceptors (Lipinski definition) is 7. The highest BCUT2D eigenvalue weighted by molar-refractivity contribution is 6.31. The molecule has 0 saturated heterocycles. The standard InChI is InChI=1S/C18H12ClF4N7O/c1-7-26-15-11(4-8(19)6-25-15)30(7)18-28-14(24)13(21)16(29-18)27-9-2-3-12(10(20)5-9)31-17(22)23/h2-6,17H,1H3,(H3,24,27,28,29). The van der Waals surface area contributed by atoms with Crippen LogP contribution in [0.25, 0.3) is 17.1 Å². The number of fused-ring (bicyclic) bond motifs is 1. The molecule has 0 atom stereocenters. The van der Waals surface area contributed by atoms with E-state index in [0.717, 1.165) is 12.1 Å². The molecule has 1 aromatic carbocycles. The Hall–Kier alpha value is -3.67. The van der Waals surface area contributed by atoms with Gasteiger partial charge in [0.2, 0.25) is 11.8 Å². The van der Waals surface area contributed by atoms with E-state index in [1.165, 1.54) is 16.8 Å². The fourth-order valence-corrected chi connectivity index (χ4v) is 3.00. The van der Waals surface area contributed by atoms with Crippen LogP contribution >= 0.6 is 11.6 Å². The number of ether oxygens (including phenoxy) is 1. The molecule has 0 bridgehead atoms. The molecule has 8 nitrogen and oxygen atoms in total. The SMILES string of the molecule is Cc1nc2ncc(Cl)cc2n1-c1nc(N)c(F)c(Nc2ccc(OC(F)F)c(F)c2)n1. The topological polar surface area (TPSA) is 104 Å². The Morgan fingerprint density at radius 2 is 1.94 bits per heavy atom. The van der Waals surface area contributed by atoms with Gasteiger partial charge in [0.05, 0.1) is 10.5 Å². The van der Waals surface area contributed by atoms with Crippen molar-refractivity contribution >= 4 is 40.1 Å². The first kappa shape index (κ1) is 20.6. The number of anilines is 3. The predicted octanol–water partition coefficient (Wildman–Crippen LogP) is 4.38. The molecule has 3 aromatic heterocycles. The van der Waals surface area contributed by atoms with Crippen LogP contribution in [0.1, 0.15) is 5.82 Å². The lowest BCUT2D eigenvalue weighted by Crippen LogP contribution is -2.11. The average Bonchev–Trinajstić information content (AvgIpc) is 3.02. The number of nitrogens with zero attached hydrogens (tertiary/aromatic N) is 5. The van der Waals surface area contributed by atoms with Crippen molar-refractivity contribution in [1.29, 1.82) is 0 Å². The van der Waals surface area contributed by atoms with Crippen molar-refractivity contribution in [3.8, 4) is 11.7 Å². The zero-order chi connectivity index (χ0) is 22.3. The van der Waals surface area contributed by atoms with Gasteiger partial charge >= 0.3 is 6.61 Å². The van der Waals surface area contributed by atoms with Crippen LogP contribution in [0.5, 0.6) is 5.75 Å². The smallest absolute Gasteiger partial charge is 0.387 e. The molecule has 3 heterocycles. The first-order chi connectivity index (χ1) is 14.7. The second kappa shape index (κ2) is 7.87. The molecule has 0 radical (unpaired) electrons. The number of nitrogen functional groups attached to an aromatic ring is 1. The number of benzene rings is 1. The summed E-state index contributed by atoms with van der Waals surface area (Å²) in [5.41, 5.74) is 6.53. The number of nitrogens with one attached hydrogen (secondary N) is 1. The minimum atomic E-state index is -3.19. The van der Waals surface area contributed by atoms with Gasteiger partial charge in [0, 0.05) is 18.0 Å². The number of imidazole rings is 1. The second-order valence-electron chi connectivity index (χ2n) is 6.21. The van der Waals surface area contributed by atoms with Crippen molar-refractivity contribution < 1.29 is 22.3 Å². The summed E-state index contributed by atoms with van der Waals surface area (Å²) in [6, 6.07) is 4.60. The average molecular weight is 454 g/mol. The first-order valence-electron chi connectivity index (χ1n) is 8.58. The summed E-state index contributed by atoms with van der Waals surface area (Å²) in [6.45, 7) is -1.53. The molecule has 3 N–H and O–H groups in total. The van der Waals surface area contributed by atoms with Gasteiger partial charge in [0.1, 0.15) is 5.82 Å². The van der Waals surface area contributed by atoms with Crippen LogP contribution in [0, 0.1) is 18.6 Å². The minimum Gasteiger partial charge on any atom is -0.432 e. The number of alkyl halides is 2. The van der Waals surface area contributed by atoms with Gasteiger partial charge in [-0.2, -0.15) is 23.1 Å². The van der Waals surface area contributed by atoms with Crippen molar-refractivity contribution in [2.24, 2.45) is 0 Å². The summed E-state index contributed by atoms with van der Waals surface area (Å²) in [5.74, 6) is -3.19. The molecule has 160 valence electrons. The van der Waals surface area contributed by atoms with E-state index in [9.17, 15) is 17.6 Å². The van der Waals surface area contributed by atoms with Crippen LogP contribution < -0.4 is 15.8 Å². The monoisotopic (exact) mass is 453 g/mol. The molecule has 0 aliphatic rings. The Kier molecular flexibility index (Phi) is 5.23. The Balaban J connectivity index is 1.76. The van der Waals surface area contributed by atoms with E-state index in [1.54, 1.807) is 13.0 Å². The number of aromatic nitrogens is 5. The fourth-order valence-electron chi connectivity index (χ4n) is 2.84. The van der Waals surface area contributed by atoms with Crippen LogP contribution in [0.2, 0.25) is 5.02 Å². The van der Waals surface area contributed by atoms with E-state index in [1.807, 2.05) is 0 Å². The normalized spacial score (nSPS) is 11.3. The molecule has 0 aliphatic heterocycles. The highest BCUT2D eigenvalue weighted by Gasteiger charge is 2.19. The molecule has 4 rings (SSSR count). The largest absolute Gasteiger partial charge is 0.432 e. The zero-order valence-corrected chi connectivity index (χ0v) is 16.3. The summed E-state index contributed by atoms with van der Waals surface area (Å²) in [4.78, 5) is 16.4. The summed E-state index contributed by atoms with van der Waals surface area (Å²) in [5, 5.41) is 2.89. The van der Waals surface area contributed by atoms with Gasteiger partial charge in [-0.05, 0) is 25.1 Å². The van der Waals surface area contributed by atoms with Gasteiger partial charge in [0.15, 0.2) is 28.8 Å². The number of hydrogen-bond donors (Lipinski definition) is 2. The van der Waals surface area contributed by atoms with Gasteiger partial charge in [-0.15, -0.1) is 0 Å². The minimum absolute atomic E-state index is 0.0130. The Morgan fingerprint density at radius 1 is 1.16 bits per heavy atom. The van der Waals surface area contributed by atoms with Crippen LogP contribution in [-0.2, 0) is 0 Å². The summed E-state index contributed by atoms with van der Waals surface area (Å²) in [7, 11) is 0. The van der Waals surface area contributed by atoms with Gasteiger partial charge < -0.3 is 15.8 Å². The fraction of sp³-hybridized carbons (Fsp3) is 0.111. The molecule has 0 spiro atoms. The Bertz CT molecular complexity index is 1300.